The highest BCUT2D eigenvalue weighted by Gasteiger charge is 2.17. The molecule has 1 N–H and O–H groups in total. The number of hydrogen-bond acceptors (Lipinski definition) is 3. The van der Waals surface area contributed by atoms with Gasteiger partial charge >= 0.3 is 0 Å². The Labute approximate surface area is 121 Å². The summed E-state index contributed by atoms with van der Waals surface area (Å²) in [6.45, 7) is 0.505. The summed E-state index contributed by atoms with van der Waals surface area (Å²) in [6.07, 6.45) is 0.592. The van der Waals surface area contributed by atoms with Crippen molar-refractivity contribution in [1.82, 2.24) is 5.43 Å². The molecule has 1 aliphatic heterocycles. The number of carbonyl (C=O) groups is 1. The van der Waals surface area contributed by atoms with Gasteiger partial charge in [-0.1, -0.05) is 24.3 Å². The fourth-order valence-electron chi connectivity index (χ4n) is 2.16. The lowest BCUT2D eigenvalue weighted by atomic mass is 10.0. The van der Waals surface area contributed by atoms with Crippen LogP contribution in [-0.2, 0) is 0 Å². The van der Waals surface area contributed by atoms with Crippen molar-refractivity contribution in [1.29, 1.82) is 0 Å². The highest BCUT2D eigenvalue weighted by molar-refractivity contribution is 6.04. The van der Waals surface area contributed by atoms with Crippen LogP contribution in [0.3, 0.4) is 0 Å². The first-order valence-corrected chi connectivity index (χ1v) is 6.59. The zero-order chi connectivity index (χ0) is 14.7. The first-order chi connectivity index (χ1) is 10.3. The largest absolute Gasteiger partial charge is 0.492 e. The molecule has 0 unspecified atom stereocenters. The number of amides is 1. The Morgan fingerprint density at radius 3 is 2.76 bits per heavy atom. The molecule has 0 saturated carbocycles. The fourth-order valence-corrected chi connectivity index (χ4v) is 2.16. The Morgan fingerprint density at radius 2 is 1.90 bits per heavy atom. The topological polar surface area (TPSA) is 50.7 Å². The number of rotatable bonds is 2. The molecule has 0 fully saturated rings. The second-order valence-electron chi connectivity index (χ2n) is 4.57. The van der Waals surface area contributed by atoms with Gasteiger partial charge in [-0.15, -0.1) is 0 Å². The van der Waals surface area contributed by atoms with Crippen molar-refractivity contribution < 1.29 is 13.9 Å². The number of fused-ring (bicyclic) bond motifs is 1. The van der Waals surface area contributed by atoms with Gasteiger partial charge in [0, 0.05) is 12.0 Å². The van der Waals surface area contributed by atoms with E-state index in [-0.39, 0.29) is 5.56 Å². The van der Waals surface area contributed by atoms with E-state index in [1.165, 1.54) is 18.2 Å². The highest BCUT2D eigenvalue weighted by Crippen LogP contribution is 2.24. The molecular weight excluding hydrogens is 271 g/mol. The van der Waals surface area contributed by atoms with E-state index in [0.29, 0.717) is 13.0 Å². The summed E-state index contributed by atoms with van der Waals surface area (Å²) in [7, 11) is 0. The van der Waals surface area contributed by atoms with Gasteiger partial charge in [0.05, 0.1) is 17.9 Å². The summed E-state index contributed by atoms with van der Waals surface area (Å²) in [5, 5.41) is 4.11. The van der Waals surface area contributed by atoms with Crippen molar-refractivity contribution in [3.8, 4) is 5.75 Å². The lowest BCUT2D eigenvalue weighted by Gasteiger charge is -2.18. The molecule has 3 rings (SSSR count). The molecule has 1 heterocycles. The zero-order valence-corrected chi connectivity index (χ0v) is 11.2. The maximum Gasteiger partial charge on any atom is 0.274 e. The van der Waals surface area contributed by atoms with Gasteiger partial charge < -0.3 is 4.74 Å². The summed E-state index contributed by atoms with van der Waals surface area (Å²) in [4.78, 5) is 11.9. The first kappa shape index (κ1) is 13.3. The maximum absolute atomic E-state index is 13.5. The van der Waals surface area contributed by atoms with Crippen LogP contribution in [0, 0.1) is 5.82 Å². The van der Waals surface area contributed by atoms with Gasteiger partial charge in [0.15, 0.2) is 0 Å². The van der Waals surface area contributed by atoms with Crippen LogP contribution in [0.2, 0.25) is 0 Å². The molecule has 5 heteroatoms. The van der Waals surface area contributed by atoms with Gasteiger partial charge in [0.1, 0.15) is 11.6 Å². The van der Waals surface area contributed by atoms with Gasteiger partial charge in [-0.05, 0) is 24.3 Å². The average Bonchev–Trinajstić information content (AvgIpc) is 2.53. The highest BCUT2D eigenvalue weighted by atomic mass is 19.1. The molecule has 0 aromatic heterocycles. The third-order valence-electron chi connectivity index (χ3n) is 3.21. The van der Waals surface area contributed by atoms with Gasteiger partial charge in [-0.25, -0.2) is 9.82 Å². The summed E-state index contributed by atoms with van der Waals surface area (Å²) in [5.74, 6) is -0.394. The van der Waals surface area contributed by atoms with E-state index < -0.39 is 11.7 Å². The number of carbonyl (C=O) groups excluding carboxylic acids is 1. The number of nitrogens with one attached hydrogen (secondary N) is 1. The van der Waals surface area contributed by atoms with E-state index in [0.717, 1.165) is 17.0 Å². The van der Waals surface area contributed by atoms with Crippen LogP contribution < -0.4 is 10.2 Å². The lowest BCUT2D eigenvalue weighted by Crippen LogP contribution is -2.24. The molecule has 4 nitrogen and oxygen atoms in total. The first-order valence-electron chi connectivity index (χ1n) is 6.59. The van der Waals surface area contributed by atoms with Crippen LogP contribution in [0.5, 0.6) is 5.75 Å². The van der Waals surface area contributed by atoms with Crippen LogP contribution in [0.4, 0.5) is 4.39 Å². The number of halogens is 1. The van der Waals surface area contributed by atoms with Gasteiger partial charge in [-0.2, -0.15) is 5.10 Å². The van der Waals surface area contributed by atoms with Crippen LogP contribution in [0.1, 0.15) is 22.3 Å². The molecule has 2 aromatic rings. The Kier molecular flexibility index (Phi) is 3.64. The summed E-state index contributed by atoms with van der Waals surface area (Å²) < 4.78 is 19.0. The van der Waals surface area contributed by atoms with Gasteiger partial charge in [0.25, 0.3) is 5.91 Å². The van der Waals surface area contributed by atoms with Crippen molar-refractivity contribution in [2.45, 2.75) is 6.42 Å². The minimum atomic E-state index is -0.567. The van der Waals surface area contributed by atoms with Crippen LogP contribution in [0.25, 0.3) is 0 Å². The Balaban J connectivity index is 1.82. The minimum Gasteiger partial charge on any atom is -0.492 e. The van der Waals surface area contributed by atoms with E-state index in [1.807, 2.05) is 24.3 Å². The van der Waals surface area contributed by atoms with Crippen molar-refractivity contribution in [2.24, 2.45) is 5.10 Å². The molecule has 2 aromatic carbocycles. The predicted octanol–water partition coefficient (Wildman–Crippen LogP) is 2.74. The predicted molar refractivity (Wildman–Crippen MR) is 77.0 cm³/mol. The van der Waals surface area contributed by atoms with E-state index in [4.69, 9.17) is 4.74 Å². The number of hydrazone groups is 1. The Bertz CT molecular complexity index is 713. The van der Waals surface area contributed by atoms with Crippen LogP contribution >= 0.6 is 0 Å². The molecule has 0 atom stereocenters. The molecule has 0 bridgehead atoms. The quantitative estimate of drug-likeness (QED) is 0.862. The molecule has 1 amide bonds. The van der Waals surface area contributed by atoms with Crippen molar-refractivity contribution >= 4 is 11.6 Å². The third kappa shape index (κ3) is 2.76. The fraction of sp³-hybridized carbons (Fsp3) is 0.125. The van der Waals surface area contributed by atoms with Crippen molar-refractivity contribution in [3.63, 3.8) is 0 Å². The summed E-state index contributed by atoms with van der Waals surface area (Å²) in [6, 6.07) is 13.3. The number of hydrogen-bond donors (Lipinski definition) is 1. The van der Waals surface area contributed by atoms with Crippen LogP contribution in [-0.4, -0.2) is 18.2 Å². The molecule has 21 heavy (non-hydrogen) atoms. The molecule has 0 spiro atoms. The molecule has 0 aliphatic carbocycles. The third-order valence-corrected chi connectivity index (χ3v) is 3.21. The molecule has 0 saturated heterocycles. The summed E-state index contributed by atoms with van der Waals surface area (Å²) >= 11 is 0. The Morgan fingerprint density at radius 1 is 1.14 bits per heavy atom. The van der Waals surface area contributed by atoms with Crippen LogP contribution in [0.15, 0.2) is 53.6 Å². The maximum atomic E-state index is 13.5. The smallest absolute Gasteiger partial charge is 0.274 e. The summed E-state index contributed by atoms with van der Waals surface area (Å²) in [5.41, 5.74) is 3.95. The monoisotopic (exact) mass is 284 g/mol. The number of nitrogens with zero attached hydrogens (tertiary/aromatic N) is 1. The SMILES string of the molecule is O=C(N/N=C1/CCOc2ccccc21)c1ccccc1F. The Hall–Kier alpha value is -2.69. The lowest BCUT2D eigenvalue weighted by molar-refractivity contribution is 0.0950. The van der Waals surface area contributed by atoms with Gasteiger partial charge in [0.2, 0.25) is 0 Å². The normalized spacial score (nSPS) is 15.2. The zero-order valence-electron chi connectivity index (χ0n) is 11.2. The standard InChI is InChI=1S/C16H13FN2O2/c17-13-7-3-1-5-11(13)16(20)19-18-14-9-10-21-15-8-4-2-6-12(14)15/h1-8H,9-10H2,(H,19,20)/b18-14-. The minimum absolute atomic E-state index is 0.0257. The van der Waals surface area contributed by atoms with Gasteiger partial charge in [-0.3, -0.25) is 4.79 Å². The number of benzene rings is 2. The molecule has 106 valence electrons. The van der Waals surface area contributed by atoms with E-state index in [2.05, 4.69) is 10.5 Å². The number of ether oxygens (including phenoxy) is 1. The average molecular weight is 284 g/mol. The van der Waals surface area contributed by atoms with E-state index in [9.17, 15) is 9.18 Å². The molecule has 0 radical (unpaired) electrons. The molecular formula is C16H13FN2O2. The second-order valence-corrected chi connectivity index (χ2v) is 4.57. The molecule has 1 aliphatic rings. The van der Waals surface area contributed by atoms with Crippen molar-refractivity contribution in [3.05, 3.63) is 65.5 Å². The number of para-hydroxylation sites is 1. The van der Waals surface area contributed by atoms with E-state index in [1.54, 1.807) is 6.07 Å². The van der Waals surface area contributed by atoms with Crippen molar-refractivity contribution in [2.75, 3.05) is 6.61 Å². The second kappa shape index (κ2) is 5.75. The van der Waals surface area contributed by atoms with E-state index >= 15 is 0 Å².